The van der Waals surface area contributed by atoms with Crippen LogP contribution in [-0.4, -0.2) is 32.8 Å². The van der Waals surface area contributed by atoms with Crippen LogP contribution in [0.3, 0.4) is 0 Å². The van der Waals surface area contributed by atoms with Crippen molar-refractivity contribution in [2.24, 2.45) is 11.7 Å². The second-order valence-electron chi connectivity index (χ2n) is 5.10. The van der Waals surface area contributed by atoms with Gasteiger partial charge in [0.05, 0.1) is 5.69 Å². The third-order valence-corrected chi connectivity index (χ3v) is 3.64. The maximum Gasteiger partial charge on any atom is 0.146 e. The maximum absolute atomic E-state index is 13.9. The molecule has 0 aromatic heterocycles. The Morgan fingerprint density at radius 1 is 1.26 bits per heavy atom. The van der Waals surface area contributed by atoms with Crippen LogP contribution in [0.2, 0.25) is 0 Å². The molecule has 0 amide bonds. The quantitative estimate of drug-likeness (QED) is 0.859. The first-order valence-electron chi connectivity index (χ1n) is 7.08. The monoisotopic (exact) mass is 266 g/mol. The van der Waals surface area contributed by atoms with Crippen LogP contribution in [0.15, 0.2) is 24.3 Å². The van der Waals surface area contributed by atoms with Crippen LogP contribution >= 0.6 is 0 Å². The lowest BCUT2D eigenvalue weighted by Gasteiger charge is -2.31. The summed E-state index contributed by atoms with van der Waals surface area (Å²) in [4.78, 5) is 2.14. The number of halogens is 1. The van der Waals surface area contributed by atoms with Crippen molar-refractivity contribution in [1.82, 2.24) is 0 Å². The summed E-state index contributed by atoms with van der Waals surface area (Å²) < 4.78 is 19.3. The second kappa shape index (κ2) is 7.46. The summed E-state index contributed by atoms with van der Waals surface area (Å²) in [5.41, 5.74) is 6.28. The molecule has 4 heteroatoms. The van der Waals surface area contributed by atoms with E-state index in [9.17, 15) is 4.39 Å². The molecule has 1 fully saturated rings. The van der Waals surface area contributed by atoms with Gasteiger partial charge in [0.15, 0.2) is 0 Å². The van der Waals surface area contributed by atoms with Crippen LogP contribution in [0, 0.1) is 11.7 Å². The van der Waals surface area contributed by atoms with Gasteiger partial charge in [0.1, 0.15) is 5.82 Å². The number of nitrogens with zero attached hydrogens (tertiary/aromatic N) is 1. The molecular weight excluding hydrogens is 243 g/mol. The molecule has 0 aliphatic carbocycles. The van der Waals surface area contributed by atoms with E-state index in [2.05, 4.69) is 4.90 Å². The predicted molar refractivity (Wildman–Crippen MR) is 75.8 cm³/mol. The zero-order valence-electron chi connectivity index (χ0n) is 11.4. The number of benzene rings is 1. The lowest BCUT2D eigenvalue weighted by molar-refractivity contribution is 0.0682. The van der Waals surface area contributed by atoms with Crippen LogP contribution in [-0.2, 0) is 4.74 Å². The fourth-order valence-electron chi connectivity index (χ4n) is 2.54. The molecule has 0 unspecified atom stereocenters. The first-order chi connectivity index (χ1) is 9.31. The third kappa shape index (κ3) is 4.18. The summed E-state index contributed by atoms with van der Waals surface area (Å²) >= 11 is 0. The highest BCUT2D eigenvalue weighted by molar-refractivity contribution is 5.47. The molecule has 1 aromatic carbocycles. The first kappa shape index (κ1) is 14.3. The molecular formula is C15H23FN2O. The maximum atomic E-state index is 13.9. The van der Waals surface area contributed by atoms with Gasteiger partial charge in [-0.2, -0.15) is 0 Å². The van der Waals surface area contributed by atoms with Crippen LogP contribution in [0.25, 0.3) is 0 Å². The van der Waals surface area contributed by atoms with Crippen molar-refractivity contribution in [1.29, 1.82) is 0 Å². The largest absolute Gasteiger partial charge is 0.381 e. The Kier molecular flexibility index (Phi) is 5.61. The molecule has 0 saturated carbocycles. The standard InChI is InChI=1S/C15H23FN2O/c16-14-4-1-2-5-15(14)18(9-3-8-17)12-13-6-10-19-11-7-13/h1-2,4-5,13H,3,6-12,17H2. The Bertz CT molecular complexity index is 380. The zero-order valence-corrected chi connectivity index (χ0v) is 11.4. The van der Waals surface area contributed by atoms with Crippen LogP contribution in [0.4, 0.5) is 10.1 Å². The SMILES string of the molecule is NCCCN(CC1CCOCC1)c1ccccc1F. The average Bonchev–Trinajstić information content (AvgIpc) is 2.45. The summed E-state index contributed by atoms with van der Waals surface area (Å²) in [6.07, 6.45) is 3.01. The Morgan fingerprint density at radius 2 is 2.00 bits per heavy atom. The molecule has 2 rings (SSSR count). The molecule has 3 nitrogen and oxygen atoms in total. The Balaban J connectivity index is 2.04. The van der Waals surface area contributed by atoms with E-state index in [0.29, 0.717) is 18.2 Å². The van der Waals surface area contributed by atoms with Crippen molar-refractivity contribution in [3.8, 4) is 0 Å². The van der Waals surface area contributed by atoms with Gasteiger partial charge in [-0.05, 0) is 43.9 Å². The van der Waals surface area contributed by atoms with E-state index in [4.69, 9.17) is 10.5 Å². The fraction of sp³-hybridized carbons (Fsp3) is 0.600. The van der Waals surface area contributed by atoms with Gasteiger partial charge in [0, 0.05) is 26.3 Å². The van der Waals surface area contributed by atoms with Crippen molar-refractivity contribution in [2.75, 3.05) is 37.7 Å². The van der Waals surface area contributed by atoms with E-state index in [1.54, 1.807) is 6.07 Å². The highest BCUT2D eigenvalue weighted by Gasteiger charge is 2.19. The van der Waals surface area contributed by atoms with Gasteiger partial charge in [0.25, 0.3) is 0 Å². The molecule has 1 aromatic rings. The van der Waals surface area contributed by atoms with E-state index in [1.165, 1.54) is 6.07 Å². The lowest BCUT2D eigenvalue weighted by atomic mass is 9.99. The number of nitrogens with two attached hydrogens (primary N) is 1. The molecule has 0 radical (unpaired) electrons. The summed E-state index contributed by atoms with van der Waals surface area (Å²) in [7, 11) is 0. The molecule has 106 valence electrons. The molecule has 1 saturated heterocycles. The fourth-order valence-corrected chi connectivity index (χ4v) is 2.54. The first-order valence-corrected chi connectivity index (χ1v) is 7.08. The third-order valence-electron chi connectivity index (χ3n) is 3.64. The van der Waals surface area contributed by atoms with Crippen LogP contribution in [0.1, 0.15) is 19.3 Å². The Hall–Kier alpha value is -1.13. The molecule has 1 heterocycles. The number of para-hydroxylation sites is 1. The van der Waals surface area contributed by atoms with E-state index in [0.717, 1.165) is 45.6 Å². The predicted octanol–water partition coefficient (Wildman–Crippen LogP) is 2.41. The second-order valence-corrected chi connectivity index (χ2v) is 5.10. The van der Waals surface area contributed by atoms with Gasteiger partial charge < -0.3 is 15.4 Å². The topological polar surface area (TPSA) is 38.5 Å². The number of hydrogen-bond donors (Lipinski definition) is 1. The number of anilines is 1. The lowest BCUT2D eigenvalue weighted by Crippen LogP contribution is -2.34. The Morgan fingerprint density at radius 3 is 2.68 bits per heavy atom. The highest BCUT2D eigenvalue weighted by atomic mass is 19.1. The van der Waals surface area contributed by atoms with E-state index in [-0.39, 0.29) is 5.82 Å². The summed E-state index contributed by atoms with van der Waals surface area (Å²) in [6, 6.07) is 6.99. The van der Waals surface area contributed by atoms with Gasteiger partial charge in [-0.25, -0.2) is 4.39 Å². The Labute approximate surface area is 114 Å². The molecule has 1 aliphatic heterocycles. The molecule has 0 atom stereocenters. The zero-order chi connectivity index (χ0) is 13.5. The van der Waals surface area contributed by atoms with Gasteiger partial charge in [-0.1, -0.05) is 12.1 Å². The van der Waals surface area contributed by atoms with Crippen molar-refractivity contribution in [3.63, 3.8) is 0 Å². The molecule has 2 N–H and O–H groups in total. The summed E-state index contributed by atoms with van der Waals surface area (Å²) in [5.74, 6) is 0.442. The minimum Gasteiger partial charge on any atom is -0.381 e. The number of hydrogen-bond acceptors (Lipinski definition) is 3. The highest BCUT2D eigenvalue weighted by Crippen LogP contribution is 2.23. The van der Waals surface area contributed by atoms with Crippen LogP contribution < -0.4 is 10.6 Å². The van der Waals surface area contributed by atoms with Crippen molar-refractivity contribution in [2.45, 2.75) is 19.3 Å². The minimum atomic E-state index is -0.147. The summed E-state index contributed by atoms with van der Waals surface area (Å²) in [6.45, 7) is 4.00. The van der Waals surface area contributed by atoms with E-state index >= 15 is 0 Å². The van der Waals surface area contributed by atoms with E-state index < -0.39 is 0 Å². The average molecular weight is 266 g/mol. The van der Waals surface area contributed by atoms with Crippen molar-refractivity contribution >= 4 is 5.69 Å². The van der Waals surface area contributed by atoms with E-state index in [1.807, 2.05) is 12.1 Å². The van der Waals surface area contributed by atoms with Gasteiger partial charge in [0.2, 0.25) is 0 Å². The molecule has 0 bridgehead atoms. The number of rotatable bonds is 6. The van der Waals surface area contributed by atoms with Crippen LogP contribution in [0.5, 0.6) is 0 Å². The minimum absolute atomic E-state index is 0.147. The normalized spacial score (nSPS) is 16.5. The molecule has 19 heavy (non-hydrogen) atoms. The smallest absolute Gasteiger partial charge is 0.146 e. The molecule has 0 spiro atoms. The van der Waals surface area contributed by atoms with Gasteiger partial charge in [-0.15, -0.1) is 0 Å². The summed E-state index contributed by atoms with van der Waals surface area (Å²) in [5, 5.41) is 0. The van der Waals surface area contributed by atoms with Crippen molar-refractivity contribution in [3.05, 3.63) is 30.1 Å². The van der Waals surface area contributed by atoms with Gasteiger partial charge in [-0.3, -0.25) is 0 Å². The molecule has 1 aliphatic rings. The van der Waals surface area contributed by atoms with Gasteiger partial charge >= 0.3 is 0 Å². The number of ether oxygens (including phenoxy) is 1. The van der Waals surface area contributed by atoms with Crippen molar-refractivity contribution < 1.29 is 9.13 Å².